The molecule has 3 heterocycles. The molecule has 3 rings (SSSR count). The first kappa shape index (κ1) is 10.2. The number of halogens is 1. The van der Waals surface area contributed by atoms with Crippen molar-refractivity contribution in [3.05, 3.63) is 29.3 Å². The monoisotopic (exact) mass is 248 g/mol. The van der Waals surface area contributed by atoms with Gasteiger partial charge in [-0.1, -0.05) is 11.6 Å². The Morgan fingerprint density at radius 2 is 2.06 bits per heavy atom. The second-order valence-corrected chi connectivity index (χ2v) is 4.15. The molecule has 0 radical (unpaired) electrons. The maximum absolute atomic E-state index is 5.80. The fraction of sp³-hybridized carbons (Fsp3) is 0.200. The highest BCUT2D eigenvalue weighted by Crippen LogP contribution is 2.19. The molecule has 0 saturated heterocycles. The minimum atomic E-state index is 0.401. The molecule has 0 aliphatic rings. The quantitative estimate of drug-likeness (QED) is 0.612. The summed E-state index contributed by atoms with van der Waals surface area (Å²) >= 11 is 5.80. The average molecular weight is 249 g/mol. The van der Waals surface area contributed by atoms with Gasteiger partial charge in [-0.2, -0.15) is 5.10 Å². The van der Waals surface area contributed by atoms with Crippen LogP contribution in [-0.4, -0.2) is 29.4 Å². The van der Waals surface area contributed by atoms with Crippen LogP contribution in [0.2, 0.25) is 5.15 Å². The lowest BCUT2D eigenvalue weighted by Gasteiger charge is -1.99. The van der Waals surface area contributed by atoms with Crippen LogP contribution in [0, 0.1) is 6.92 Å². The van der Waals surface area contributed by atoms with Crippen LogP contribution in [-0.2, 0) is 7.05 Å². The van der Waals surface area contributed by atoms with Crippen LogP contribution < -0.4 is 0 Å². The molecule has 3 aromatic rings. The van der Waals surface area contributed by atoms with Gasteiger partial charge in [-0.15, -0.1) is 10.2 Å². The maximum atomic E-state index is 5.80. The first-order chi connectivity index (χ1) is 8.15. The van der Waals surface area contributed by atoms with Crippen LogP contribution in [0.3, 0.4) is 0 Å². The van der Waals surface area contributed by atoms with Gasteiger partial charge in [0.25, 0.3) is 0 Å². The standard InChI is InChI=1S/C10H9ClN6/c1-6-3-7(16(2)15-6)10-14-13-9-4-8(11)12-5-17(9)10/h3-5H,1-2H3. The van der Waals surface area contributed by atoms with Crippen LogP contribution >= 0.6 is 11.6 Å². The van der Waals surface area contributed by atoms with Crippen LogP contribution in [0.1, 0.15) is 5.69 Å². The van der Waals surface area contributed by atoms with Gasteiger partial charge in [-0.3, -0.25) is 9.08 Å². The van der Waals surface area contributed by atoms with Crippen LogP contribution in [0.15, 0.2) is 18.5 Å². The van der Waals surface area contributed by atoms with Crippen LogP contribution in [0.25, 0.3) is 17.2 Å². The van der Waals surface area contributed by atoms with E-state index in [1.165, 1.54) is 0 Å². The summed E-state index contributed by atoms with van der Waals surface area (Å²) in [5.74, 6) is 0.701. The van der Waals surface area contributed by atoms with Crippen molar-refractivity contribution < 1.29 is 0 Å². The molecule has 0 bridgehead atoms. The Labute approximate surface area is 102 Å². The summed E-state index contributed by atoms with van der Waals surface area (Å²) < 4.78 is 3.54. The molecule has 0 aliphatic heterocycles. The molecule has 0 N–H and O–H groups in total. The first-order valence-corrected chi connectivity index (χ1v) is 5.40. The van der Waals surface area contributed by atoms with Gasteiger partial charge in [0, 0.05) is 13.1 Å². The Bertz CT molecular complexity index is 698. The molecule has 0 amide bonds. The van der Waals surface area contributed by atoms with Crippen molar-refractivity contribution in [3.63, 3.8) is 0 Å². The van der Waals surface area contributed by atoms with Gasteiger partial charge >= 0.3 is 0 Å². The minimum Gasteiger partial charge on any atom is -0.264 e. The van der Waals surface area contributed by atoms with E-state index in [1.807, 2.05) is 20.0 Å². The highest BCUT2D eigenvalue weighted by Gasteiger charge is 2.13. The number of nitrogens with zero attached hydrogens (tertiary/aromatic N) is 6. The SMILES string of the molecule is Cc1cc(-c2nnc3cc(Cl)ncn23)n(C)n1. The van der Waals surface area contributed by atoms with Crippen molar-refractivity contribution in [2.24, 2.45) is 7.05 Å². The fourth-order valence-electron chi connectivity index (χ4n) is 1.77. The van der Waals surface area contributed by atoms with Crippen molar-refractivity contribution in [1.82, 2.24) is 29.4 Å². The zero-order valence-corrected chi connectivity index (χ0v) is 10.0. The number of hydrogen-bond acceptors (Lipinski definition) is 4. The third-order valence-corrected chi connectivity index (χ3v) is 2.70. The summed E-state index contributed by atoms with van der Waals surface area (Å²) in [6.45, 7) is 1.93. The molecule has 6 nitrogen and oxygen atoms in total. The van der Waals surface area contributed by atoms with Gasteiger partial charge in [0.05, 0.1) is 5.69 Å². The zero-order chi connectivity index (χ0) is 12.0. The fourth-order valence-corrected chi connectivity index (χ4v) is 1.91. The van der Waals surface area contributed by atoms with E-state index in [4.69, 9.17) is 11.6 Å². The van der Waals surface area contributed by atoms with Gasteiger partial charge < -0.3 is 0 Å². The van der Waals surface area contributed by atoms with Crippen molar-refractivity contribution in [3.8, 4) is 11.5 Å². The number of hydrogen-bond donors (Lipinski definition) is 0. The van der Waals surface area contributed by atoms with E-state index in [2.05, 4.69) is 20.3 Å². The van der Waals surface area contributed by atoms with Crippen molar-refractivity contribution in [2.75, 3.05) is 0 Å². The molecule has 0 aromatic carbocycles. The molecule has 0 atom stereocenters. The molecular formula is C10H9ClN6. The predicted octanol–water partition coefficient (Wildman–Crippen LogP) is 1.49. The van der Waals surface area contributed by atoms with Gasteiger partial charge in [0.15, 0.2) is 11.5 Å². The summed E-state index contributed by atoms with van der Waals surface area (Å²) in [6.07, 6.45) is 1.61. The summed E-state index contributed by atoms with van der Waals surface area (Å²) in [5.41, 5.74) is 2.49. The number of rotatable bonds is 1. The Balaban J connectivity index is 2.28. The van der Waals surface area contributed by atoms with Gasteiger partial charge in [0.1, 0.15) is 17.2 Å². The Kier molecular flexibility index (Phi) is 2.12. The van der Waals surface area contributed by atoms with Crippen molar-refractivity contribution >= 4 is 17.2 Å². The molecule has 3 aromatic heterocycles. The highest BCUT2D eigenvalue weighted by atomic mass is 35.5. The normalized spacial score (nSPS) is 11.2. The average Bonchev–Trinajstić information content (AvgIpc) is 2.81. The Hall–Kier alpha value is -1.95. The molecule has 7 heteroatoms. The third-order valence-electron chi connectivity index (χ3n) is 2.50. The van der Waals surface area contributed by atoms with Crippen molar-refractivity contribution in [2.45, 2.75) is 6.92 Å². The summed E-state index contributed by atoms with van der Waals surface area (Å²) in [5, 5.41) is 12.9. The Morgan fingerprint density at radius 1 is 1.24 bits per heavy atom. The van der Waals surface area contributed by atoms with Gasteiger partial charge in [-0.05, 0) is 13.0 Å². The largest absolute Gasteiger partial charge is 0.264 e. The smallest absolute Gasteiger partial charge is 0.187 e. The molecular weight excluding hydrogens is 240 g/mol. The van der Waals surface area contributed by atoms with Crippen LogP contribution in [0.5, 0.6) is 0 Å². The van der Waals surface area contributed by atoms with E-state index in [9.17, 15) is 0 Å². The molecule has 0 saturated carbocycles. The number of aromatic nitrogens is 6. The van der Waals surface area contributed by atoms with Gasteiger partial charge in [-0.25, -0.2) is 4.98 Å². The zero-order valence-electron chi connectivity index (χ0n) is 9.29. The molecule has 0 spiro atoms. The highest BCUT2D eigenvalue weighted by molar-refractivity contribution is 6.29. The first-order valence-electron chi connectivity index (χ1n) is 5.02. The summed E-state index contributed by atoms with van der Waals surface area (Å²) in [7, 11) is 1.87. The van der Waals surface area contributed by atoms with Crippen molar-refractivity contribution in [1.29, 1.82) is 0 Å². The molecule has 0 fully saturated rings. The van der Waals surface area contributed by atoms with Crippen LogP contribution in [0.4, 0.5) is 0 Å². The topological polar surface area (TPSA) is 60.9 Å². The lowest BCUT2D eigenvalue weighted by molar-refractivity contribution is 0.757. The second-order valence-electron chi connectivity index (χ2n) is 3.76. The Morgan fingerprint density at radius 3 is 2.76 bits per heavy atom. The molecule has 0 aliphatic carbocycles. The predicted molar refractivity (Wildman–Crippen MR) is 62.7 cm³/mol. The summed E-state index contributed by atoms with van der Waals surface area (Å²) in [6, 6.07) is 3.62. The molecule has 17 heavy (non-hydrogen) atoms. The second kappa shape index (κ2) is 3.53. The van der Waals surface area contributed by atoms with E-state index in [-0.39, 0.29) is 0 Å². The lowest BCUT2D eigenvalue weighted by atomic mass is 10.3. The summed E-state index contributed by atoms with van der Waals surface area (Å²) in [4.78, 5) is 4.02. The maximum Gasteiger partial charge on any atom is 0.187 e. The molecule has 0 unspecified atom stereocenters. The number of fused-ring (bicyclic) bond motifs is 1. The third kappa shape index (κ3) is 1.57. The number of aryl methyl sites for hydroxylation is 2. The minimum absolute atomic E-state index is 0.401. The van der Waals surface area contributed by atoms with E-state index in [0.29, 0.717) is 16.6 Å². The van der Waals surface area contributed by atoms with E-state index in [0.717, 1.165) is 11.4 Å². The lowest BCUT2D eigenvalue weighted by Crippen LogP contribution is -1.98. The van der Waals surface area contributed by atoms with E-state index in [1.54, 1.807) is 21.5 Å². The molecule has 86 valence electrons. The van der Waals surface area contributed by atoms with Gasteiger partial charge in [0.2, 0.25) is 0 Å². The van der Waals surface area contributed by atoms with E-state index < -0.39 is 0 Å². The van der Waals surface area contributed by atoms with E-state index >= 15 is 0 Å².